The summed E-state index contributed by atoms with van der Waals surface area (Å²) in [6.45, 7) is 5.29. The summed E-state index contributed by atoms with van der Waals surface area (Å²) >= 11 is 0. The van der Waals surface area contributed by atoms with Gasteiger partial charge in [-0.3, -0.25) is 4.79 Å². The van der Waals surface area contributed by atoms with E-state index in [4.69, 9.17) is 9.47 Å². The number of piperidine rings is 1. The van der Waals surface area contributed by atoms with Gasteiger partial charge in [-0.2, -0.15) is 0 Å². The van der Waals surface area contributed by atoms with Gasteiger partial charge in [-0.05, 0) is 68.1 Å². The Morgan fingerprint density at radius 2 is 1.68 bits per heavy atom. The molecule has 1 aliphatic rings. The number of halogens is 2. The topological polar surface area (TPSA) is 38.8 Å². The Kier molecular flexibility index (Phi) is 8.59. The zero-order valence-corrected chi connectivity index (χ0v) is 17.9. The predicted molar refractivity (Wildman–Crippen MR) is 116 cm³/mol. The largest absolute Gasteiger partial charge is 0.500 e. The molecule has 1 unspecified atom stereocenters. The molecule has 1 heterocycles. The number of hydrogen-bond donors (Lipinski definition) is 0. The lowest BCUT2D eigenvalue weighted by atomic mass is 9.98. The third kappa shape index (κ3) is 6.89. The van der Waals surface area contributed by atoms with Crippen LogP contribution in [0.15, 0.2) is 54.8 Å². The molecule has 1 fully saturated rings. The summed E-state index contributed by atoms with van der Waals surface area (Å²) in [7, 11) is 0. The van der Waals surface area contributed by atoms with Crippen LogP contribution in [-0.4, -0.2) is 43.7 Å². The molecule has 0 saturated carbocycles. The van der Waals surface area contributed by atoms with Crippen molar-refractivity contribution in [1.29, 1.82) is 0 Å². The van der Waals surface area contributed by atoms with Crippen LogP contribution < -0.4 is 0 Å². The highest BCUT2D eigenvalue weighted by molar-refractivity contribution is 5.79. The first-order valence-corrected chi connectivity index (χ1v) is 10.8. The lowest BCUT2D eigenvalue weighted by Gasteiger charge is -2.31. The van der Waals surface area contributed by atoms with Crippen molar-refractivity contribution in [1.82, 2.24) is 4.90 Å². The average Bonchev–Trinajstić information content (AvgIpc) is 2.78. The van der Waals surface area contributed by atoms with Gasteiger partial charge in [0.05, 0.1) is 25.4 Å². The van der Waals surface area contributed by atoms with E-state index in [2.05, 4.69) is 4.90 Å². The summed E-state index contributed by atoms with van der Waals surface area (Å²) in [6.07, 6.45) is 4.33. The molecule has 0 aromatic heterocycles. The Morgan fingerprint density at radius 1 is 1.06 bits per heavy atom. The third-order valence-electron chi connectivity index (χ3n) is 5.37. The molecule has 3 rings (SSSR count). The van der Waals surface area contributed by atoms with Crippen LogP contribution in [0, 0.1) is 17.6 Å². The number of likely N-dealkylation sites (tertiary alicyclic amines) is 1. The molecule has 4 nitrogen and oxygen atoms in total. The predicted octanol–water partition coefficient (Wildman–Crippen LogP) is 5.04. The van der Waals surface area contributed by atoms with Crippen LogP contribution >= 0.6 is 0 Å². The Bertz CT molecular complexity index is 818. The van der Waals surface area contributed by atoms with Crippen molar-refractivity contribution in [3.8, 4) is 0 Å². The zero-order chi connectivity index (χ0) is 22.1. The minimum absolute atomic E-state index is 0.0435. The molecular weight excluding hydrogens is 400 g/mol. The van der Waals surface area contributed by atoms with E-state index in [1.165, 1.54) is 24.3 Å². The monoisotopic (exact) mass is 429 g/mol. The Labute approximate surface area is 182 Å². The zero-order valence-electron chi connectivity index (χ0n) is 17.9. The van der Waals surface area contributed by atoms with Gasteiger partial charge >= 0.3 is 5.97 Å². The first-order valence-electron chi connectivity index (χ1n) is 10.8. The van der Waals surface area contributed by atoms with Crippen molar-refractivity contribution in [2.75, 3.05) is 32.8 Å². The van der Waals surface area contributed by atoms with Gasteiger partial charge in [0, 0.05) is 18.7 Å². The second-order valence-corrected chi connectivity index (χ2v) is 7.66. The second-order valence-electron chi connectivity index (χ2n) is 7.66. The highest BCUT2D eigenvalue weighted by Crippen LogP contribution is 2.24. The van der Waals surface area contributed by atoms with Gasteiger partial charge in [-0.1, -0.05) is 24.3 Å². The highest BCUT2D eigenvalue weighted by atomic mass is 19.1. The van der Waals surface area contributed by atoms with Gasteiger partial charge in [0.15, 0.2) is 0 Å². The lowest BCUT2D eigenvalue weighted by Crippen LogP contribution is -2.40. The van der Waals surface area contributed by atoms with Crippen molar-refractivity contribution in [2.24, 2.45) is 5.92 Å². The maximum absolute atomic E-state index is 13.3. The summed E-state index contributed by atoms with van der Waals surface area (Å²) in [5.41, 5.74) is 2.35. The van der Waals surface area contributed by atoms with Crippen molar-refractivity contribution in [3.63, 3.8) is 0 Å². The third-order valence-corrected chi connectivity index (χ3v) is 5.37. The van der Waals surface area contributed by atoms with Gasteiger partial charge < -0.3 is 14.4 Å². The Hall–Kier alpha value is -2.73. The molecule has 2 aromatic rings. The summed E-state index contributed by atoms with van der Waals surface area (Å²) in [5.74, 6) is -0.774. The summed E-state index contributed by atoms with van der Waals surface area (Å²) in [4.78, 5) is 14.3. The molecule has 1 saturated heterocycles. The maximum atomic E-state index is 13.3. The van der Waals surface area contributed by atoms with Crippen LogP contribution in [0.1, 0.15) is 37.3 Å². The molecule has 1 aliphatic heterocycles. The van der Waals surface area contributed by atoms with Crippen LogP contribution in [0.3, 0.4) is 0 Å². The molecule has 6 heteroatoms. The Morgan fingerprint density at radius 3 is 2.26 bits per heavy atom. The molecule has 0 bridgehead atoms. The van der Waals surface area contributed by atoms with E-state index in [0.717, 1.165) is 55.6 Å². The normalized spacial score (nSPS) is 16.5. The smallest absolute Gasteiger partial charge is 0.310 e. The van der Waals surface area contributed by atoms with Crippen LogP contribution in [0.5, 0.6) is 0 Å². The van der Waals surface area contributed by atoms with Gasteiger partial charge in [0.25, 0.3) is 0 Å². The van der Waals surface area contributed by atoms with Gasteiger partial charge in [0.2, 0.25) is 0 Å². The van der Waals surface area contributed by atoms with Crippen LogP contribution in [0.25, 0.3) is 5.57 Å². The first-order chi connectivity index (χ1) is 15.1. The Balaban J connectivity index is 1.55. The molecule has 0 N–H and O–H groups in total. The van der Waals surface area contributed by atoms with E-state index in [-0.39, 0.29) is 23.5 Å². The number of esters is 1. The van der Waals surface area contributed by atoms with E-state index < -0.39 is 0 Å². The molecule has 31 heavy (non-hydrogen) atoms. The van der Waals surface area contributed by atoms with Crippen LogP contribution in [0.2, 0.25) is 0 Å². The van der Waals surface area contributed by atoms with Crippen molar-refractivity contribution in [2.45, 2.75) is 26.2 Å². The number of carbonyl (C=O) groups excluding carboxylic acids is 1. The highest BCUT2D eigenvalue weighted by Gasteiger charge is 2.26. The van der Waals surface area contributed by atoms with E-state index in [9.17, 15) is 13.6 Å². The molecule has 0 aliphatic carbocycles. The van der Waals surface area contributed by atoms with Crippen LogP contribution in [-0.2, 0) is 14.3 Å². The standard InChI is InChI=1S/C25H29F2NO3/c1-2-31-25(29)21-5-3-14-28(17-21)15-4-16-30-18-24(19-6-10-22(26)11-7-19)20-8-12-23(27)13-9-20/h6-13,18,21H,2-5,14-17H2,1H3. The minimum Gasteiger partial charge on any atom is -0.500 e. The fourth-order valence-corrected chi connectivity index (χ4v) is 3.79. The lowest BCUT2D eigenvalue weighted by molar-refractivity contribution is -0.149. The molecule has 0 spiro atoms. The molecule has 2 aromatic carbocycles. The van der Waals surface area contributed by atoms with E-state index >= 15 is 0 Å². The number of benzene rings is 2. The summed E-state index contributed by atoms with van der Waals surface area (Å²) < 4.78 is 37.6. The van der Waals surface area contributed by atoms with E-state index in [1.54, 1.807) is 30.5 Å². The van der Waals surface area contributed by atoms with Gasteiger partial charge in [-0.15, -0.1) is 0 Å². The average molecular weight is 430 g/mol. The van der Waals surface area contributed by atoms with Crippen LogP contribution in [0.4, 0.5) is 8.78 Å². The fraction of sp³-hybridized carbons (Fsp3) is 0.400. The maximum Gasteiger partial charge on any atom is 0.310 e. The number of ether oxygens (including phenoxy) is 2. The SMILES string of the molecule is CCOC(=O)C1CCCN(CCCOC=C(c2ccc(F)cc2)c2ccc(F)cc2)C1. The fourth-order valence-electron chi connectivity index (χ4n) is 3.79. The minimum atomic E-state index is -0.314. The van der Waals surface area contributed by atoms with Gasteiger partial charge in [0.1, 0.15) is 11.6 Å². The van der Waals surface area contributed by atoms with Crippen molar-refractivity contribution in [3.05, 3.63) is 77.6 Å². The second kappa shape index (κ2) is 11.6. The number of carbonyl (C=O) groups is 1. The summed E-state index contributed by atoms with van der Waals surface area (Å²) in [6, 6.07) is 12.3. The number of hydrogen-bond acceptors (Lipinski definition) is 4. The summed E-state index contributed by atoms with van der Waals surface area (Å²) in [5, 5.41) is 0. The van der Waals surface area contributed by atoms with E-state index in [1.807, 2.05) is 6.92 Å². The molecule has 0 amide bonds. The molecule has 166 valence electrons. The van der Waals surface area contributed by atoms with Gasteiger partial charge in [-0.25, -0.2) is 8.78 Å². The number of nitrogens with zero attached hydrogens (tertiary/aromatic N) is 1. The molecule has 0 radical (unpaired) electrons. The first kappa shape index (κ1) is 22.9. The van der Waals surface area contributed by atoms with Crippen molar-refractivity contribution < 1.29 is 23.0 Å². The molecule has 1 atom stereocenters. The quantitative estimate of drug-likeness (QED) is 0.318. The number of rotatable bonds is 9. The van der Waals surface area contributed by atoms with E-state index in [0.29, 0.717) is 13.2 Å². The molecular formula is C25H29F2NO3. The van der Waals surface area contributed by atoms with Crippen molar-refractivity contribution >= 4 is 11.5 Å².